The SMILES string of the molecule is CC1(O)CC(c2nc(-c3ccc4ccn(C5CCCC5)c(=O)c4c3)c3c(N)nccn23)C1. The van der Waals surface area contributed by atoms with Crippen molar-refractivity contribution in [3.63, 3.8) is 0 Å². The maximum Gasteiger partial charge on any atom is 0.258 e. The van der Waals surface area contributed by atoms with Gasteiger partial charge in [0.2, 0.25) is 0 Å². The fraction of sp³-hybridized carbons (Fsp3) is 0.400. The third-order valence-corrected chi connectivity index (χ3v) is 7.27. The molecule has 0 unspecified atom stereocenters. The summed E-state index contributed by atoms with van der Waals surface area (Å²) in [5, 5.41) is 11.9. The average Bonchev–Trinajstić information content (AvgIpc) is 3.41. The average molecular weight is 430 g/mol. The van der Waals surface area contributed by atoms with Gasteiger partial charge in [0.1, 0.15) is 22.9 Å². The van der Waals surface area contributed by atoms with Gasteiger partial charge >= 0.3 is 0 Å². The Morgan fingerprint density at radius 2 is 1.94 bits per heavy atom. The number of imidazole rings is 1. The van der Waals surface area contributed by atoms with Crippen molar-refractivity contribution in [2.45, 2.75) is 63.0 Å². The second-order valence-corrected chi connectivity index (χ2v) is 9.72. The largest absolute Gasteiger partial charge is 0.390 e. The van der Waals surface area contributed by atoms with Gasteiger partial charge in [0.05, 0.1) is 5.60 Å². The molecular formula is C25H27N5O2. The van der Waals surface area contributed by atoms with Crippen molar-refractivity contribution in [2.75, 3.05) is 5.73 Å². The van der Waals surface area contributed by atoms with Crippen LogP contribution in [0.1, 0.15) is 63.2 Å². The number of nitrogens with zero attached hydrogens (tertiary/aromatic N) is 4. The van der Waals surface area contributed by atoms with E-state index in [1.807, 2.05) is 52.6 Å². The topological polar surface area (TPSA) is 98.4 Å². The highest BCUT2D eigenvalue weighted by atomic mass is 16.3. The zero-order chi connectivity index (χ0) is 22.0. The Morgan fingerprint density at radius 1 is 1.16 bits per heavy atom. The number of pyridine rings is 1. The Balaban J connectivity index is 1.52. The van der Waals surface area contributed by atoms with E-state index in [0.29, 0.717) is 30.1 Å². The quantitative estimate of drug-likeness (QED) is 0.512. The van der Waals surface area contributed by atoms with E-state index < -0.39 is 5.60 Å². The molecular weight excluding hydrogens is 402 g/mol. The van der Waals surface area contributed by atoms with E-state index in [4.69, 9.17) is 10.7 Å². The van der Waals surface area contributed by atoms with E-state index in [9.17, 15) is 9.90 Å². The molecule has 0 bridgehead atoms. The maximum absolute atomic E-state index is 13.3. The second-order valence-electron chi connectivity index (χ2n) is 9.72. The number of aliphatic hydroxyl groups is 1. The van der Waals surface area contributed by atoms with Crippen LogP contribution in [0, 0.1) is 0 Å². The first kappa shape index (κ1) is 19.5. The van der Waals surface area contributed by atoms with Gasteiger partial charge in [-0.3, -0.25) is 9.20 Å². The van der Waals surface area contributed by atoms with Crippen LogP contribution in [0.5, 0.6) is 0 Å². The molecule has 3 heterocycles. The van der Waals surface area contributed by atoms with Gasteiger partial charge in [-0.2, -0.15) is 0 Å². The van der Waals surface area contributed by atoms with Gasteiger partial charge in [-0.1, -0.05) is 25.0 Å². The second kappa shape index (κ2) is 6.90. The summed E-state index contributed by atoms with van der Waals surface area (Å²) >= 11 is 0. The smallest absolute Gasteiger partial charge is 0.258 e. The summed E-state index contributed by atoms with van der Waals surface area (Å²) in [5.41, 5.74) is 8.03. The third kappa shape index (κ3) is 2.95. The predicted molar refractivity (Wildman–Crippen MR) is 125 cm³/mol. The molecule has 3 aromatic heterocycles. The highest BCUT2D eigenvalue weighted by Crippen LogP contribution is 2.45. The Morgan fingerprint density at radius 3 is 2.69 bits per heavy atom. The van der Waals surface area contributed by atoms with Crippen LogP contribution in [0.25, 0.3) is 27.5 Å². The standard InChI is InChI=1S/C25H27N5O2/c1-25(32)13-17(14-25)23-28-20(21-22(26)27-9-11-30(21)23)16-7-6-15-8-10-29(18-4-2-3-5-18)24(31)19(15)12-16/h6-12,17-18,32H,2-5,13-14H2,1H3,(H2,26,27). The summed E-state index contributed by atoms with van der Waals surface area (Å²) in [6.07, 6.45) is 11.3. The molecule has 0 atom stereocenters. The van der Waals surface area contributed by atoms with Crippen LogP contribution in [0.2, 0.25) is 0 Å². The van der Waals surface area contributed by atoms with Gasteiger partial charge in [0.25, 0.3) is 5.56 Å². The lowest BCUT2D eigenvalue weighted by Gasteiger charge is -2.40. The van der Waals surface area contributed by atoms with Gasteiger partial charge in [0, 0.05) is 41.5 Å². The number of rotatable bonds is 3. The summed E-state index contributed by atoms with van der Waals surface area (Å²) < 4.78 is 3.89. The van der Waals surface area contributed by atoms with Crippen molar-refractivity contribution < 1.29 is 5.11 Å². The number of hydrogen-bond donors (Lipinski definition) is 2. The molecule has 4 aromatic rings. The molecule has 2 aliphatic rings. The highest BCUT2D eigenvalue weighted by molar-refractivity contribution is 5.91. The number of nitrogen functional groups attached to an aromatic ring is 1. The van der Waals surface area contributed by atoms with Crippen molar-refractivity contribution in [3.8, 4) is 11.3 Å². The number of fused-ring (bicyclic) bond motifs is 2. The molecule has 2 saturated carbocycles. The number of benzene rings is 1. The van der Waals surface area contributed by atoms with Gasteiger partial charge in [-0.05, 0) is 50.1 Å². The van der Waals surface area contributed by atoms with Crippen LogP contribution in [0.15, 0.2) is 47.7 Å². The zero-order valence-electron chi connectivity index (χ0n) is 18.2. The van der Waals surface area contributed by atoms with Crippen molar-refractivity contribution in [1.29, 1.82) is 0 Å². The van der Waals surface area contributed by atoms with Crippen molar-refractivity contribution >= 4 is 22.1 Å². The fourth-order valence-electron chi connectivity index (χ4n) is 5.63. The minimum absolute atomic E-state index is 0.0566. The highest BCUT2D eigenvalue weighted by Gasteiger charge is 2.41. The Hall–Kier alpha value is -3.19. The first-order valence-corrected chi connectivity index (χ1v) is 11.4. The number of aromatic nitrogens is 4. The summed E-state index contributed by atoms with van der Waals surface area (Å²) in [6.45, 7) is 1.86. The molecule has 0 amide bonds. The van der Waals surface area contributed by atoms with Gasteiger partial charge in [0.15, 0.2) is 0 Å². The molecule has 7 nitrogen and oxygen atoms in total. The molecule has 3 N–H and O–H groups in total. The van der Waals surface area contributed by atoms with Crippen molar-refractivity contribution in [1.82, 2.24) is 18.9 Å². The lowest BCUT2D eigenvalue weighted by Crippen LogP contribution is -2.40. The minimum atomic E-state index is -0.649. The third-order valence-electron chi connectivity index (χ3n) is 7.27. The number of hydrogen-bond acceptors (Lipinski definition) is 5. The van der Waals surface area contributed by atoms with Crippen molar-refractivity contribution in [2.24, 2.45) is 0 Å². The molecule has 1 aromatic carbocycles. The minimum Gasteiger partial charge on any atom is -0.390 e. The van der Waals surface area contributed by atoms with Crippen molar-refractivity contribution in [3.05, 3.63) is 59.0 Å². The Kier molecular flexibility index (Phi) is 4.21. The first-order chi connectivity index (χ1) is 15.4. The lowest BCUT2D eigenvalue weighted by molar-refractivity contribution is -0.0335. The maximum atomic E-state index is 13.3. The predicted octanol–water partition coefficient (Wildman–Crippen LogP) is 4.04. The van der Waals surface area contributed by atoms with Crippen LogP contribution in [-0.4, -0.2) is 29.6 Å². The first-order valence-electron chi connectivity index (χ1n) is 11.4. The Bertz CT molecular complexity index is 1400. The van der Waals surface area contributed by atoms with Gasteiger partial charge in [-0.25, -0.2) is 9.97 Å². The molecule has 2 fully saturated rings. The van der Waals surface area contributed by atoms with Crippen LogP contribution in [-0.2, 0) is 0 Å². The summed E-state index contributed by atoms with van der Waals surface area (Å²) in [5.74, 6) is 1.45. The zero-order valence-corrected chi connectivity index (χ0v) is 18.2. The molecule has 2 aliphatic carbocycles. The Labute approximate surface area is 185 Å². The molecule has 7 heteroatoms. The molecule has 6 rings (SSSR count). The number of anilines is 1. The normalized spacial score (nSPS) is 23.8. The van der Waals surface area contributed by atoms with E-state index in [1.165, 1.54) is 12.8 Å². The number of nitrogens with two attached hydrogens (primary N) is 1. The summed E-state index contributed by atoms with van der Waals surface area (Å²) in [7, 11) is 0. The van der Waals surface area contributed by atoms with E-state index in [1.54, 1.807) is 6.20 Å². The monoisotopic (exact) mass is 429 g/mol. The summed E-state index contributed by atoms with van der Waals surface area (Å²) in [6, 6.07) is 8.25. The molecule has 0 radical (unpaired) electrons. The van der Waals surface area contributed by atoms with E-state index >= 15 is 0 Å². The van der Waals surface area contributed by atoms with E-state index in [-0.39, 0.29) is 11.5 Å². The van der Waals surface area contributed by atoms with Gasteiger partial charge in [-0.15, -0.1) is 0 Å². The van der Waals surface area contributed by atoms with E-state index in [2.05, 4.69) is 4.98 Å². The molecule has 164 valence electrons. The molecule has 32 heavy (non-hydrogen) atoms. The van der Waals surface area contributed by atoms with Crippen LogP contribution >= 0.6 is 0 Å². The van der Waals surface area contributed by atoms with Crippen LogP contribution in [0.4, 0.5) is 5.82 Å². The van der Waals surface area contributed by atoms with Crippen LogP contribution in [0.3, 0.4) is 0 Å². The van der Waals surface area contributed by atoms with Gasteiger partial charge < -0.3 is 15.4 Å². The van der Waals surface area contributed by atoms with Crippen LogP contribution < -0.4 is 11.3 Å². The van der Waals surface area contributed by atoms with E-state index in [0.717, 1.165) is 40.8 Å². The fourth-order valence-corrected chi connectivity index (χ4v) is 5.63. The summed E-state index contributed by atoms with van der Waals surface area (Å²) in [4.78, 5) is 22.6. The molecule has 0 spiro atoms. The molecule has 0 aliphatic heterocycles. The lowest BCUT2D eigenvalue weighted by atomic mass is 9.72. The molecule has 0 saturated heterocycles.